The van der Waals surface area contributed by atoms with E-state index >= 15 is 0 Å². The van der Waals surface area contributed by atoms with Crippen molar-refractivity contribution >= 4 is 13.1 Å². The summed E-state index contributed by atoms with van der Waals surface area (Å²) in [5, 5.41) is 12.3. The van der Waals surface area contributed by atoms with E-state index in [1.54, 1.807) is 0 Å². The normalized spacial score (nSPS) is 45.8. The van der Waals surface area contributed by atoms with Crippen molar-refractivity contribution in [2.75, 3.05) is 6.54 Å². The summed E-state index contributed by atoms with van der Waals surface area (Å²) < 4.78 is 12.7. The van der Waals surface area contributed by atoms with Gasteiger partial charge in [-0.1, -0.05) is 20.3 Å². The van der Waals surface area contributed by atoms with Gasteiger partial charge in [-0.15, -0.1) is 0 Å². The molecule has 134 valence electrons. The summed E-state index contributed by atoms with van der Waals surface area (Å²) in [4.78, 5) is 11.2. The van der Waals surface area contributed by atoms with Gasteiger partial charge in [0.2, 0.25) is 0 Å². The molecule has 6 unspecified atom stereocenters. The van der Waals surface area contributed by atoms with Crippen molar-refractivity contribution in [1.29, 1.82) is 0 Å². The lowest BCUT2D eigenvalue weighted by Gasteiger charge is -2.64. The predicted molar refractivity (Wildman–Crippen MR) is 91.7 cm³/mol. The molecule has 2 heterocycles. The highest BCUT2D eigenvalue weighted by molar-refractivity contribution is 6.45. The number of carbonyl (C=O) groups is 1. The minimum Gasteiger partial charge on any atom is -0.480 e. The van der Waals surface area contributed by atoms with Gasteiger partial charge in [-0.05, 0) is 68.6 Å². The Labute approximate surface area is 145 Å². The molecular formula is C18H30BNO4. The van der Waals surface area contributed by atoms with E-state index in [9.17, 15) is 9.90 Å². The summed E-state index contributed by atoms with van der Waals surface area (Å²) in [5.74, 6) is 0.915. The second-order valence-electron chi connectivity index (χ2n) is 9.15. The van der Waals surface area contributed by atoms with Crippen LogP contribution in [0, 0.1) is 23.2 Å². The Balaban J connectivity index is 1.30. The zero-order chi connectivity index (χ0) is 17.1. The van der Waals surface area contributed by atoms with Crippen LogP contribution in [0.1, 0.15) is 52.9 Å². The van der Waals surface area contributed by atoms with Gasteiger partial charge in [-0.3, -0.25) is 4.79 Å². The first kappa shape index (κ1) is 16.9. The fourth-order valence-corrected chi connectivity index (χ4v) is 5.98. The van der Waals surface area contributed by atoms with Crippen LogP contribution in [0.3, 0.4) is 0 Å². The maximum absolute atomic E-state index is 11.2. The summed E-state index contributed by atoms with van der Waals surface area (Å²) in [7, 11) is -0.104. The van der Waals surface area contributed by atoms with Crippen LogP contribution in [0.15, 0.2) is 0 Å². The molecule has 3 aliphatic carbocycles. The van der Waals surface area contributed by atoms with Crippen molar-refractivity contribution in [2.24, 2.45) is 23.2 Å². The predicted octanol–water partition coefficient (Wildman–Crippen LogP) is 2.56. The van der Waals surface area contributed by atoms with E-state index in [2.05, 4.69) is 26.1 Å². The smallest absolute Gasteiger partial charge is 0.457 e. The minimum absolute atomic E-state index is 0.104. The Hall–Kier alpha value is -0.585. The highest BCUT2D eigenvalue weighted by atomic mass is 16.7. The highest BCUT2D eigenvalue weighted by Crippen LogP contribution is 2.65. The topological polar surface area (TPSA) is 67.8 Å². The largest absolute Gasteiger partial charge is 0.480 e. The van der Waals surface area contributed by atoms with E-state index in [0.29, 0.717) is 11.3 Å². The molecule has 0 aromatic rings. The van der Waals surface area contributed by atoms with E-state index in [4.69, 9.17) is 9.31 Å². The molecule has 0 amide bonds. The summed E-state index contributed by atoms with van der Waals surface area (Å²) in [6.45, 7) is 7.82. The molecule has 2 bridgehead atoms. The average Bonchev–Trinajstić information content (AvgIpc) is 3.09. The first-order chi connectivity index (χ1) is 11.3. The highest BCUT2D eigenvalue weighted by Gasteiger charge is 2.67. The van der Waals surface area contributed by atoms with Crippen LogP contribution in [0.4, 0.5) is 0 Å². The van der Waals surface area contributed by atoms with E-state index in [0.717, 1.165) is 44.5 Å². The molecule has 0 spiro atoms. The van der Waals surface area contributed by atoms with Crippen molar-refractivity contribution in [3.63, 3.8) is 0 Å². The lowest BCUT2D eigenvalue weighted by molar-refractivity contribution is -0.199. The van der Waals surface area contributed by atoms with Crippen molar-refractivity contribution < 1.29 is 19.2 Å². The van der Waals surface area contributed by atoms with Gasteiger partial charge >= 0.3 is 13.1 Å². The van der Waals surface area contributed by atoms with Crippen molar-refractivity contribution in [3.05, 3.63) is 0 Å². The molecule has 5 rings (SSSR count). The van der Waals surface area contributed by atoms with Crippen molar-refractivity contribution in [1.82, 2.24) is 5.32 Å². The van der Waals surface area contributed by atoms with E-state index < -0.39 is 5.97 Å². The Morgan fingerprint density at radius 2 is 2.12 bits per heavy atom. The van der Waals surface area contributed by atoms with Gasteiger partial charge in [-0.2, -0.15) is 0 Å². The van der Waals surface area contributed by atoms with E-state index in [-0.39, 0.29) is 30.8 Å². The number of rotatable bonds is 5. The molecule has 0 aromatic carbocycles. The fraction of sp³-hybridized carbons (Fsp3) is 0.944. The molecule has 0 radical (unpaired) electrons. The third kappa shape index (κ3) is 2.45. The molecule has 5 nitrogen and oxygen atoms in total. The zero-order valence-electron chi connectivity index (χ0n) is 15.1. The Bertz CT molecular complexity index is 527. The zero-order valence-corrected chi connectivity index (χ0v) is 15.1. The third-order valence-corrected chi connectivity index (χ3v) is 7.63. The minimum atomic E-state index is -0.716. The van der Waals surface area contributed by atoms with Crippen LogP contribution >= 0.6 is 0 Å². The second kappa shape index (κ2) is 5.71. The first-order valence-electron chi connectivity index (χ1n) is 9.62. The Morgan fingerprint density at radius 1 is 1.33 bits per heavy atom. The Kier molecular flexibility index (Phi) is 4.01. The van der Waals surface area contributed by atoms with E-state index in [1.807, 2.05) is 0 Å². The van der Waals surface area contributed by atoms with Crippen LogP contribution in [-0.2, 0) is 14.1 Å². The van der Waals surface area contributed by atoms with Crippen LogP contribution in [0.25, 0.3) is 0 Å². The molecule has 5 fully saturated rings. The summed E-state index contributed by atoms with van der Waals surface area (Å²) in [6, 6.07) is -0.372. The van der Waals surface area contributed by atoms with Crippen molar-refractivity contribution in [3.8, 4) is 0 Å². The Morgan fingerprint density at radius 3 is 2.83 bits per heavy atom. The molecule has 3 saturated carbocycles. The summed E-state index contributed by atoms with van der Waals surface area (Å²) >= 11 is 0. The van der Waals surface area contributed by atoms with Gasteiger partial charge in [0.1, 0.15) is 6.04 Å². The number of carboxylic acid groups (broad SMARTS) is 1. The molecule has 0 aromatic heterocycles. The molecule has 2 saturated heterocycles. The SMILES string of the molecule is CC1(C)C2CC3OB(CCCC4CCNC4C(=O)O)OC3(C)C1C2. The maximum Gasteiger partial charge on any atom is 0.457 e. The van der Waals surface area contributed by atoms with E-state index in [1.165, 1.54) is 6.42 Å². The quantitative estimate of drug-likeness (QED) is 0.756. The standard InChI is InChI=1S/C18H30BNO4/c1-17(2)12-9-13(17)18(3)14(10-12)23-19(24-18)7-4-5-11-6-8-20-15(11)16(21)22/h11-15,20H,4-10H2,1-3H3,(H,21,22). The lowest BCUT2D eigenvalue weighted by atomic mass is 9.43. The second-order valence-corrected chi connectivity index (χ2v) is 9.15. The van der Waals surface area contributed by atoms with Crippen LogP contribution in [-0.4, -0.2) is 42.5 Å². The van der Waals surface area contributed by atoms with Crippen LogP contribution < -0.4 is 5.32 Å². The van der Waals surface area contributed by atoms with Gasteiger partial charge in [0.05, 0.1) is 11.7 Å². The van der Waals surface area contributed by atoms with Gasteiger partial charge in [0, 0.05) is 0 Å². The molecule has 2 aliphatic heterocycles. The third-order valence-electron chi connectivity index (χ3n) is 7.63. The number of hydrogen-bond donors (Lipinski definition) is 2. The molecule has 24 heavy (non-hydrogen) atoms. The van der Waals surface area contributed by atoms with Gasteiger partial charge in [0.25, 0.3) is 0 Å². The fourth-order valence-electron chi connectivity index (χ4n) is 5.98. The molecule has 6 heteroatoms. The number of nitrogens with one attached hydrogen (secondary N) is 1. The first-order valence-corrected chi connectivity index (χ1v) is 9.62. The summed E-state index contributed by atoms with van der Waals surface area (Å²) in [5.41, 5.74) is 0.259. The number of aliphatic carboxylic acids is 1. The van der Waals surface area contributed by atoms with Gasteiger partial charge < -0.3 is 19.7 Å². The molecule has 5 aliphatic rings. The average molecular weight is 335 g/mol. The number of carboxylic acids is 1. The molecular weight excluding hydrogens is 305 g/mol. The summed E-state index contributed by atoms with van der Waals surface area (Å²) in [6.07, 6.45) is 6.41. The maximum atomic E-state index is 11.2. The number of hydrogen-bond acceptors (Lipinski definition) is 4. The molecule has 2 N–H and O–H groups in total. The van der Waals surface area contributed by atoms with Gasteiger partial charge in [0.15, 0.2) is 0 Å². The van der Waals surface area contributed by atoms with Crippen LogP contribution in [0.5, 0.6) is 0 Å². The van der Waals surface area contributed by atoms with Crippen molar-refractivity contribution in [2.45, 2.75) is 76.9 Å². The lowest BCUT2D eigenvalue weighted by Crippen LogP contribution is -2.65. The van der Waals surface area contributed by atoms with Crippen LogP contribution in [0.2, 0.25) is 6.32 Å². The molecule has 6 atom stereocenters. The monoisotopic (exact) mass is 335 g/mol. The van der Waals surface area contributed by atoms with Gasteiger partial charge in [-0.25, -0.2) is 0 Å².